The maximum absolute atomic E-state index is 10.9. The summed E-state index contributed by atoms with van der Waals surface area (Å²) in [5.41, 5.74) is 1.10. The molecule has 0 atom stereocenters. The smallest absolute Gasteiger partial charge is 0.320 e. The van der Waals surface area contributed by atoms with Crippen molar-refractivity contribution in [3.8, 4) is 0 Å². The molecule has 1 heterocycles. The third-order valence-corrected chi connectivity index (χ3v) is 2.67. The quantitative estimate of drug-likeness (QED) is 0.774. The number of hydrogen-bond donors (Lipinski definition) is 2. The van der Waals surface area contributed by atoms with Crippen LogP contribution in [0.3, 0.4) is 0 Å². The van der Waals surface area contributed by atoms with E-state index in [1.165, 1.54) is 0 Å². The molecule has 0 saturated carbocycles. The molecule has 0 aromatic carbocycles. The fraction of sp³-hybridized carbons (Fsp3) is 0.250. The zero-order valence-corrected chi connectivity index (χ0v) is 9.55. The fourth-order valence-corrected chi connectivity index (χ4v) is 1.18. The molecule has 0 bridgehead atoms. The zero-order chi connectivity index (χ0) is 9.84. The van der Waals surface area contributed by atoms with Crippen LogP contribution in [0.2, 0.25) is 0 Å². The summed E-state index contributed by atoms with van der Waals surface area (Å²) in [7, 11) is 1.56. The molecule has 2 N–H and O–H groups in total. The van der Waals surface area contributed by atoms with Gasteiger partial charge in [0.25, 0.3) is 0 Å². The van der Waals surface area contributed by atoms with Crippen LogP contribution in [0, 0.1) is 10.5 Å². The molecule has 0 fully saturated rings. The Kier molecular flexibility index (Phi) is 3.47. The lowest BCUT2D eigenvalue weighted by Gasteiger charge is -2.04. The Hall–Kier alpha value is -0.850. The van der Waals surface area contributed by atoms with E-state index in [2.05, 4.69) is 38.2 Å². The van der Waals surface area contributed by atoms with E-state index < -0.39 is 0 Å². The Labute approximate surface area is 90.3 Å². The maximum Gasteiger partial charge on any atom is 0.320 e. The molecule has 0 aliphatic rings. The van der Waals surface area contributed by atoms with E-state index in [0.717, 1.165) is 9.13 Å². The van der Waals surface area contributed by atoms with E-state index in [4.69, 9.17) is 0 Å². The number of pyridine rings is 1. The minimum atomic E-state index is -0.257. The SMILES string of the molecule is CNC(=O)Nc1cc(I)c(C)cn1. The topological polar surface area (TPSA) is 54.0 Å². The number of halogens is 1. The number of amides is 2. The highest BCUT2D eigenvalue weighted by molar-refractivity contribution is 14.1. The summed E-state index contributed by atoms with van der Waals surface area (Å²) in [4.78, 5) is 15.0. The molecule has 2 amide bonds. The number of aryl methyl sites for hydroxylation is 1. The van der Waals surface area contributed by atoms with Crippen molar-refractivity contribution >= 4 is 34.4 Å². The first-order valence-corrected chi connectivity index (χ1v) is 4.82. The second-order valence-corrected chi connectivity index (χ2v) is 3.69. The minimum absolute atomic E-state index is 0.257. The molecule has 0 radical (unpaired) electrons. The van der Waals surface area contributed by atoms with Crippen LogP contribution in [-0.4, -0.2) is 18.1 Å². The predicted molar refractivity (Wildman–Crippen MR) is 59.8 cm³/mol. The van der Waals surface area contributed by atoms with E-state index in [-0.39, 0.29) is 6.03 Å². The average Bonchev–Trinajstić information content (AvgIpc) is 2.11. The van der Waals surface area contributed by atoms with Gasteiger partial charge in [-0.15, -0.1) is 0 Å². The van der Waals surface area contributed by atoms with Gasteiger partial charge in [0.1, 0.15) is 5.82 Å². The Morgan fingerprint density at radius 2 is 2.31 bits per heavy atom. The molecule has 0 aliphatic carbocycles. The molecule has 13 heavy (non-hydrogen) atoms. The molecule has 1 aromatic rings. The molecule has 0 unspecified atom stereocenters. The monoisotopic (exact) mass is 291 g/mol. The number of nitrogens with one attached hydrogen (secondary N) is 2. The molecular formula is C8H10IN3O. The van der Waals surface area contributed by atoms with Crippen molar-refractivity contribution in [2.75, 3.05) is 12.4 Å². The molecule has 1 aromatic heterocycles. The minimum Gasteiger partial charge on any atom is -0.341 e. The predicted octanol–water partition coefficient (Wildman–Crippen LogP) is 1.75. The summed E-state index contributed by atoms with van der Waals surface area (Å²) < 4.78 is 1.08. The van der Waals surface area contributed by atoms with Crippen molar-refractivity contribution in [2.45, 2.75) is 6.92 Å². The van der Waals surface area contributed by atoms with Crippen LogP contribution in [0.5, 0.6) is 0 Å². The highest BCUT2D eigenvalue weighted by Crippen LogP contribution is 2.13. The first-order chi connectivity index (χ1) is 6.13. The molecule has 0 saturated heterocycles. The molecule has 0 aliphatic heterocycles. The van der Waals surface area contributed by atoms with Crippen LogP contribution in [-0.2, 0) is 0 Å². The zero-order valence-electron chi connectivity index (χ0n) is 7.39. The van der Waals surface area contributed by atoms with Crippen LogP contribution >= 0.6 is 22.6 Å². The van der Waals surface area contributed by atoms with Crippen LogP contribution in [0.4, 0.5) is 10.6 Å². The van der Waals surface area contributed by atoms with Gasteiger partial charge in [0.15, 0.2) is 0 Å². The van der Waals surface area contributed by atoms with E-state index in [0.29, 0.717) is 5.82 Å². The van der Waals surface area contributed by atoms with Gasteiger partial charge < -0.3 is 5.32 Å². The normalized spacial score (nSPS) is 9.46. The van der Waals surface area contributed by atoms with Crippen molar-refractivity contribution in [1.82, 2.24) is 10.3 Å². The number of nitrogens with zero attached hydrogens (tertiary/aromatic N) is 1. The third-order valence-electron chi connectivity index (χ3n) is 1.51. The second-order valence-electron chi connectivity index (χ2n) is 2.52. The average molecular weight is 291 g/mol. The lowest BCUT2D eigenvalue weighted by Crippen LogP contribution is -2.25. The Morgan fingerprint density at radius 1 is 1.62 bits per heavy atom. The summed E-state index contributed by atoms with van der Waals surface area (Å²) in [6, 6.07) is 1.57. The first-order valence-electron chi connectivity index (χ1n) is 3.74. The summed E-state index contributed by atoms with van der Waals surface area (Å²) >= 11 is 2.20. The highest BCUT2D eigenvalue weighted by atomic mass is 127. The second kappa shape index (κ2) is 4.40. The van der Waals surface area contributed by atoms with Crippen molar-refractivity contribution in [3.05, 3.63) is 21.4 Å². The van der Waals surface area contributed by atoms with Crippen LogP contribution in [0.15, 0.2) is 12.3 Å². The van der Waals surface area contributed by atoms with E-state index in [9.17, 15) is 4.79 Å². The lowest BCUT2D eigenvalue weighted by atomic mass is 10.3. The van der Waals surface area contributed by atoms with Crippen molar-refractivity contribution in [2.24, 2.45) is 0 Å². The van der Waals surface area contributed by atoms with Crippen molar-refractivity contribution < 1.29 is 4.79 Å². The number of rotatable bonds is 1. The van der Waals surface area contributed by atoms with Gasteiger partial charge in [-0.05, 0) is 41.1 Å². The van der Waals surface area contributed by atoms with Gasteiger partial charge in [-0.25, -0.2) is 9.78 Å². The van der Waals surface area contributed by atoms with E-state index in [1.807, 2.05) is 13.0 Å². The third kappa shape index (κ3) is 2.83. The molecule has 70 valence electrons. The van der Waals surface area contributed by atoms with Gasteiger partial charge in [0, 0.05) is 16.8 Å². The summed E-state index contributed by atoms with van der Waals surface area (Å²) in [6.45, 7) is 1.97. The number of aromatic nitrogens is 1. The number of hydrogen-bond acceptors (Lipinski definition) is 2. The molecule has 5 heteroatoms. The Bertz CT molecular complexity index is 327. The van der Waals surface area contributed by atoms with Crippen molar-refractivity contribution in [1.29, 1.82) is 0 Å². The van der Waals surface area contributed by atoms with Gasteiger partial charge >= 0.3 is 6.03 Å². The van der Waals surface area contributed by atoms with Crippen LogP contribution < -0.4 is 10.6 Å². The standard InChI is InChI=1S/C8H10IN3O/c1-5-4-11-7(3-6(5)9)12-8(13)10-2/h3-4H,1-2H3,(H2,10,11,12,13). The van der Waals surface area contributed by atoms with E-state index >= 15 is 0 Å². The largest absolute Gasteiger partial charge is 0.341 e. The molecule has 1 rings (SSSR count). The molecule has 0 spiro atoms. The van der Waals surface area contributed by atoms with Crippen molar-refractivity contribution in [3.63, 3.8) is 0 Å². The Morgan fingerprint density at radius 3 is 2.85 bits per heavy atom. The summed E-state index contributed by atoms with van der Waals surface area (Å²) in [5.74, 6) is 0.564. The Balaban J connectivity index is 2.79. The number of urea groups is 1. The summed E-state index contributed by atoms with van der Waals surface area (Å²) in [6.07, 6.45) is 1.73. The van der Waals surface area contributed by atoms with Crippen LogP contribution in [0.1, 0.15) is 5.56 Å². The van der Waals surface area contributed by atoms with Gasteiger partial charge in [-0.2, -0.15) is 0 Å². The molecule has 4 nitrogen and oxygen atoms in total. The van der Waals surface area contributed by atoms with Gasteiger partial charge in [0.2, 0.25) is 0 Å². The lowest BCUT2D eigenvalue weighted by molar-refractivity contribution is 0.254. The molecular weight excluding hydrogens is 281 g/mol. The fourth-order valence-electron chi connectivity index (χ4n) is 0.746. The first kappa shape index (κ1) is 10.2. The van der Waals surface area contributed by atoms with Gasteiger partial charge in [-0.1, -0.05) is 0 Å². The maximum atomic E-state index is 10.9. The van der Waals surface area contributed by atoms with E-state index in [1.54, 1.807) is 13.2 Å². The summed E-state index contributed by atoms with van der Waals surface area (Å²) in [5, 5.41) is 5.05. The number of anilines is 1. The number of carbonyl (C=O) groups is 1. The van der Waals surface area contributed by atoms with Gasteiger partial charge in [0.05, 0.1) is 0 Å². The van der Waals surface area contributed by atoms with Gasteiger partial charge in [-0.3, -0.25) is 5.32 Å². The highest BCUT2D eigenvalue weighted by Gasteiger charge is 2.01. The number of carbonyl (C=O) groups excluding carboxylic acids is 1. The van der Waals surface area contributed by atoms with Crippen LogP contribution in [0.25, 0.3) is 0 Å².